The van der Waals surface area contributed by atoms with Gasteiger partial charge in [-0.1, -0.05) is 5.16 Å². The van der Waals surface area contributed by atoms with Crippen molar-refractivity contribution in [2.75, 3.05) is 13.1 Å². The monoisotopic (exact) mass is 302 g/mol. The smallest absolute Gasteiger partial charge is 0.227 e. The van der Waals surface area contributed by atoms with Crippen molar-refractivity contribution in [2.24, 2.45) is 0 Å². The molecule has 2 aromatic rings. The Morgan fingerprint density at radius 3 is 2.86 bits per heavy atom. The molecule has 1 aliphatic rings. The van der Waals surface area contributed by atoms with E-state index in [0.717, 1.165) is 48.8 Å². The minimum atomic E-state index is 0.150. The fourth-order valence-electron chi connectivity index (χ4n) is 3.20. The lowest BCUT2D eigenvalue weighted by Gasteiger charge is -2.34. The van der Waals surface area contributed by atoms with Crippen molar-refractivity contribution in [3.63, 3.8) is 0 Å². The Labute approximate surface area is 130 Å². The van der Waals surface area contributed by atoms with Crippen LogP contribution in [0.25, 0.3) is 0 Å². The summed E-state index contributed by atoms with van der Waals surface area (Å²) in [6.07, 6.45) is 6.31. The minimum Gasteiger partial charge on any atom is -0.361 e. The van der Waals surface area contributed by atoms with Gasteiger partial charge in [0, 0.05) is 31.0 Å². The highest BCUT2D eigenvalue weighted by Crippen LogP contribution is 2.24. The zero-order valence-electron chi connectivity index (χ0n) is 13.4. The summed E-state index contributed by atoms with van der Waals surface area (Å²) in [4.78, 5) is 18.8. The molecule has 0 saturated carbocycles. The Morgan fingerprint density at radius 1 is 1.41 bits per heavy atom. The molecule has 0 spiro atoms. The number of nitrogens with zero attached hydrogens (tertiary/aromatic N) is 4. The van der Waals surface area contributed by atoms with Crippen LogP contribution in [0.3, 0.4) is 0 Å². The van der Waals surface area contributed by atoms with Crippen LogP contribution in [0.15, 0.2) is 16.9 Å². The second kappa shape index (κ2) is 5.94. The number of piperidine rings is 1. The topological polar surface area (TPSA) is 64.2 Å². The fraction of sp³-hybridized carbons (Fsp3) is 0.562. The van der Waals surface area contributed by atoms with Crippen molar-refractivity contribution in [2.45, 2.75) is 46.1 Å². The number of likely N-dealkylation sites (tertiary alicyclic amines) is 1. The maximum atomic E-state index is 12.6. The average molecular weight is 302 g/mol. The van der Waals surface area contributed by atoms with Crippen LogP contribution in [-0.2, 0) is 11.2 Å². The van der Waals surface area contributed by atoms with Gasteiger partial charge in [0.05, 0.1) is 18.2 Å². The lowest BCUT2D eigenvalue weighted by molar-refractivity contribution is -0.132. The number of rotatable bonds is 3. The third-order valence-corrected chi connectivity index (χ3v) is 4.51. The molecule has 3 heterocycles. The van der Waals surface area contributed by atoms with Gasteiger partial charge in [0.2, 0.25) is 5.91 Å². The number of amides is 1. The Kier molecular flexibility index (Phi) is 4.00. The molecule has 0 bridgehead atoms. The van der Waals surface area contributed by atoms with E-state index in [1.54, 1.807) is 0 Å². The van der Waals surface area contributed by atoms with E-state index in [1.807, 2.05) is 38.1 Å². The van der Waals surface area contributed by atoms with E-state index in [0.29, 0.717) is 12.5 Å². The minimum absolute atomic E-state index is 0.150. The first-order valence-corrected chi connectivity index (χ1v) is 7.75. The Morgan fingerprint density at radius 2 is 2.23 bits per heavy atom. The summed E-state index contributed by atoms with van der Waals surface area (Å²) in [5.41, 5.74) is 1.73. The SMILES string of the molecule is Cc1noc(C)c1CC(=O)N1CCCC(n2ccnc2C)C1. The number of aryl methyl sites for hydroxylation is 3. The summed E-state index contributed by atoms with van der Waals surface area (Å²) >= 11 is 0. The number of hydrogen-bond acceptors (Lipinski definition) is 4. The van der Waals surface area contributed by atoms with E-state index < -0.39 is 0 Å². The number of hydrogen-bond donors (Lipinski definition) is 0. The van der Waals surface area contributed by atoms with E-state index in [2.05, 4.69) is 14.7 Å². The van der Waals surface area contributed by atoms with E-state index in [1.165, 1.54) is 0 Å². The van der Waals surface area contributed by atoms with Gasteiger partial charge in [0.15, 0.2) is 0 Å². The first-order valence-electron chi connectivity index (χ1n) is 7.75. The Bertz CT molecular complexity index is 654. The zero-order chi connectivity index (χ0) is 15.7. The van der Waals surface area contributed by atoms with Crippen LogP contribution >= 0.6 is 0 Å². The molecule has 6 heteroatoms. The van der Waals surface area contributed by atoms with Crippen molar-refractivity contribution in [1.82, 2.24) is 19.6 Å². The molecule has 0 N–H and O–H groups in total. The largest absolute Gasteiger partial charge is 0.361 e. The molecule has 0 radical (unpaired) electrons. The van der Waals surface area contributed by atoms with E-state index >= 15 is 0 Å². The fourth-order valence-corrected chi connectivity index (χ4v) is 3.20. The number of carbonyl (C=O) groups is 1. The second-order valence-corrected chi connectivity index (χ2v) is 6.00. The van der Waals surface area contributed by atoms with Gasteiger partial charge in [-0.15, -0.1) is 0 Å². The molecule has 6 nitrogen and oxygen atoms in total. The highest BCUT2D eigenvalue weighted by atomic mass is 16.5. The van der Waals surface area contributed by atoms with Gasteiger partial charge in [-0.05, 0) is 33.6 Å². The van der Waals surface area contributed by atoms with E-state index in [-0.39, 0.29) is 5.91 Å². The van der Waals surface area contributed by atoms with Gasteiger partial charge in [0.25, 0.3) is 0 Å². The lowest BCUT2D eigenvalue weighted by atomic mass is 10.0. The van der Waals surface area contributed by atoms with Crippen LogP contribution in [0.5, 0.6) is 0 Å². The highest BCUT2D eigenvalue weighted by molar-refractivity contribution is 5.79. The van der Waals surface area contributed by atoms with Gasteiger partial charge in [-0.3, -0.25) is 4.79 Å². The van der Waals surface area contributed by atoms with Crippen molar-refractivity contribution >= 4 is 5.91 Å². The van der Waals surface area contributed by atoms with Gasteiger partial charge in [-0.2, -0.15) is 0 Å². The summed E-state index contributed by atoms with van der Waals surface area (Å²) < 4.78 is 7.32. The normalized spacial score (nSPS) is 18.7. The van der Waals surface area contributed by atoms with Crippen LogP contribution in [-0.4, -0.2) is 38.6 Å². The molecule has 2 aromatic heterocycles. The molecular formula is C16H22N4O2. The second-order valence-electron chi connectivity index (χ2n) is 6.00. The van der Waals surface area contributed by atoms with E-state index in [4.69, 9.17) is 4.52 Å². The summed E-state index contributed by atoms with van der Waals surface area (Å²) in [6.45, 7) is 7.32. The van der Waals surface area contributed by atoms with Gasteiger partial charge in [-0.25, -0.2) is 4.98 Å². The standard InChI is InChI=1S/C16H22N4O2/c1-11-15(12(2)22-18-11)9-16(21)19-7-4-5-14(10-19)20-8-6-17-13(20)3/h6,8,14H,4-5,7,9-10H2,1-3H3. The van der Waals surface area contributed by atoms with Gasteiger partial charge in [0.1, 0.15) is 11.6 Å². The average Bonchev–Trinajstić information content (AvgIpc) is 3.08. The molecule has 1 amide bonds. The molecule has 3 rings (SSSR count). The first-order chi connectivity index (χ1) is 10.6. The molecule has 118 valence electrons. The highest BCUT2D eigenvalue weighted by Gasteiger charge is 2.26. The summed E-state index contributed by atoms with van der Waals surface area (Å²) in [5.74, 6) is 1.90. The Hall–Kier alpha value is -2.11. The lowest BCUT2D eigenvalue weighted by Crippen LogP contribution is -2.41. The van der Waals surface area contributed by atoms with Gasteiger partial charge < -0.3 is 14.0 Å². The van der Waals surface area contributed by atoms with Crippen molar-refractivity contribution in [3.8, 4) is 0 Å². The quantitative estimate of drug-likeness (QED) is 0.872. The first kappa shape index (κ1) is 14.8. The summed E-state index contributed by atoms with van der Waals surface area (Å²) in [5, 5.41) is 3.92. The third-order valence-electron chi connectivity index (χ3n) is 4.51. The maximum absolute atomic E-state index is 12.6. The molecule has 0 aliphatic carbocycles. The van der Waals surface area contributed by atoms with E-state index in [9.17, 15) is 4.79 Å². The van der Waals surface area contributed by atoms with Crippen molar-refractivity contribution < 1.29 is 9.32 Å². The molecule has 0 aromatic carbocycles. The summed E-state index contributed by atoms with van der Waals surface area (Å²) in [6, 6.07) is 0.324. The van der Waals surface area contributed by atoms with Crippen LogP contribution in [0, 0.1) is 20.8 Å². The number of imidazole rings is 1. The van der Waals surface area contributed by atoms with Crippen LogP contribution in [0.4, 0.5) is 0 Å². The van der Waals surface area contributed by atoms with Crippen LogP contribution in [0.2, 0.25) is 0 Å². The molecule has 22 heavy (non-hydrogen) atoms. The molecule has 1 fully saturated rings. The number of carbonyl (C=O) groups excluding carboxylic acids is 1. The zero-order valence-corrected chi connectivity index (χ0v) is 13.4. The van der Waals surface area contributed by atoms with Crippen LogP contribution in [0.1, 0.15) is 41.7 Å². The number of aromatic nitrogens is 3. The predicted octanol–water partition coefficient (Wildman–Crippen LogP) is 2.20. The molecule has 1 atom stereocenters. The molecular weight excluding hydrogens is 280 g/mol. The van der Waals surface area contributed by atoms with Crippen molar-refractivity contribution in [3.05, 3.63) is 35.2 Å². The van der Waals surface area contributed by atoms with Crippen molar-refractivity contribution in [1.29, 1.82) is 0 Å². The third kappa shape index (κ3) is 2.77. The van der Waals surface area contributed by atoms with Crippen LogP contribution < -0.4 is 0 Å². The molecule has 1 unspecified atom stereocenters. The Balaban J connectivity index is 1.69. The van der Waals surface area contributed by atoms with Gasteiger partial charge >= 0.3 is 0 Å². The summed E-state index contributed by atoms with van der Waals surface area (Å²) in [7, 11) is 0. The molecule has 1 aliphatic heterocycles. The predicted molar refractivity (Wildman–Crippen MR) is 81.5 cm³/mol. The molecule has 1 saturated heterocycles. The maximum Gasteiger partial charge on any atom is 0.227 e.